The second-order valence-electron chi connectivity index (χ2n) is 11.0. The number of nitrogens with zero attached hydrogens (tertiary/aromatic N) is 2. The van der Waals surface area contributed by atoms with Crippen LogP contribution in [0.2, 0.25) is 0 Å². The van der Waals surface area contributed by atoms with Gasteiger partial charge in [0.05, 0.1) is 35.3 Å². The van der Waals surface area contributed by atoms with E-state index in [4.69, 9.17) is 9.47 Å². The van der Waals surface area contributed by atoms with Crippen molar-refractivity contribution < 1.29 is 9.47 Å². The van der Waals surface area contributed by atoms with Crippen LogP contribution in [0.3, 0.4) is 0 Å². The van der Waals surface area contributed by atoms with E-state index in [0.717, 1.165) is 22.9 Å². The number of hydrogen-bond acceptors (Lipinski definition) is 2. The Hall–Kier alpha value is -5.48. The number of aromatic nitrogens is 2. The maximum atomic E-state index is 5.70. The van der Waals surface area contributed by atoms with E-state index in [0.29, 0.717) is 13.2 Å². The largest absolute Gasteiger partial charge is 0.494 e. The minimum absolute atomic E-state index is 0.658. The van der Waals surface area contributed by atoms with Crippen LogP contribution in [0.4, 0.5) is 0 Å². The minimum atomic E-state index is 0.658. The van der Waals surface area contributed by atoms with E-state index < -0.39 is 0 Å². The molecule has 214 valence electrons. The van der Waals surface area contributed by atoms with Gasteiger partial charge in [0.1, 0.15) is 11.5 Å². The molecule has 0 saturated heterocycles. The summed E-state index contributed by atoms with van der Waals surface area (Å²) in [5.41, 5.74) is 9.40. The van der Waals surface area contributed by atoms with Crippen molar-refractivity contribution in [2.45, 2.75) is 13.8 Å². The van der Waals surface area contributed by atoms with Crippen LogP contribution in [-0.2, 0) is 0 Å². The molecule has 0 fully saturated rings. The van der Waals surface area contributed by atoms with Crippen LogP contribution >= 0.6 is 0 Å². The van der Waals surface area contributed by atoms with Crippen LogP contribution in [0.25, 0.3) is 66.1 Å². The molecule has 0 N–H and O–H groups in total. The second-order valence-corrected chi connectivity index (χ2v) is 11.0. The average Bonchev–Trinajstić information content (AvgIpc) is 3.58. The molecule has 0 aliphatic rings. The molecule has 0 saturated carbocycles. The lowest BCUT2D eigenvalue weighted by atomic mass is 10.0. The SMILES string of the molecule is CCOc1ccc(-n2c3ccccc3c3cc(-c4ccc5c(c4)c4ccccc4n5-c4ccc(OCC)cc4)ccc32)cc1. The third-order valence-corrected chi connectivity index (χ3v) is 8.49. The van der Waals surface area contributed by atoms with Gasteiger partial charge in [-0.3, -0.25) is 0 Å². The Labute approximate surface area is 256 Å². The number of rotatable bonds is 7. The summed E-state index contributed by atoms with van der Waals surface area (Å²) < 4.78 is 16.1. The van der Waals surface area contributed by atoms with Crippen molar-refractivity contribution >= 4 is 43.6 Å². The molecular formula is C40H32N2O2. The Morgan fingerprint density at radius 3 is 1.20 bits per heavy atom. The zero-order valence-corrected chi connectivity index (χ0v) is 24.8. The molecule has 0 spiro atoms. The van der Waals surface area contributed by atoms with E-state index in [2.05, 4.69) is 118 Å². The monoisotopic (exact) mass is 572 g/mol. The summed E-state index contributed by atoms with van der Waals surface area (Å²) in [6.45, 7) is 5.34. The van der Waals surface area contributed by atoms with Crippen LogP contribution in [0.1, 0.15) is 13.8 Å². The molecule has 4 heteroatoms. The molecule has 8 rings (SSSR count). The van der Waals surface area contributed by atoms with E-state index in [9.17, 15) is 0 Å². The lowest BCUT2D eigenvalue weighted by Gasteiger charge is -2.10. The molecule has 4 nitrogen and oxygen atoms in total. The molecule has 0 unspecified atom stereocenters. The Morgan fingerprint density at radius 1 is 0.409 bits per heavy atom. The Balaban J connectivity index is 1.27. The highest BCUT2D eigenvalue weighted by atomic mass is 16.5. The smallest absolute Gasteiger partial charge is 0.119 e. The van der Waals surface area contributed by atoms with Crippen molar-refractivity contribution in [1.29, 1.82) is 0 Å². The summed E-state index contributed by atoms with van der Waals surface area (Å²) >= 11 is 0. The molecule has 0 aliphatic heterocycles. The molecule has 0 radical (unpaired) electrons. The zero-order valence-electron chi connectivity index (χ0n) is 24.8. The average molecular weight is 573 g/mol. The molecule has 0 aliphatic carbocycles. The molecule has 0 atom stereocenters. The zero-order chi connectivity index (χ0) is 29.6. The number of fused-ring (bicyclic) bond motifs is 6. The third kappa shape index (κ3) is 4.22. The van der Waals surface area contributed by atoms with Crippen LogP contribution in [0.15, 0.2) is 133 Å². The first-order chi connectivity index (χ1) is 21.7. The summed E-state index contributed by atoms with van der Waals surface area (Å²) in [5, 5.41) is 4.96. The molecule has 0 bridgehead atoms. The van der Waals surface area contributed by atoms with Crippen molar-refractivity contribution in [2.24, 2.45) is 0 Å². The van der Waals surface area contributed by atoms with E-state index in [1.165, 1.54) is 54.7 Å². The number of hydrogen-bond donors (Lipinski definition) is 0. The van der Waals surface area contributed by atoms with Gasteiger partial charge in [-0.2, -0.15) is 0 Å². The maximum Gasteiger partial charge on any atom is 0.119 e. The summed E-state index contributed by atoms with van der Waals surface area (Å²) in [6, 6.07) is 47.8. The highest BCUT2D eigenvalue weighted by molar-refractivity contribution is 6.12. The van der Waals surface area contributed by atoms with Gasteiger partial charge in [-0.15, -0.1) is 0 Å². The highest BCUT2D eigenvalue weighted by Gasteiger charge is 2.16. The van der Waals surface area contributed by atoms with E-state index in [1.807, 2.05) is 38.1 Å². The molecule has 2 heterocycles. The predicted octanol–water partition coefficient (Wildman–Crippen LogP) is 10.3. The van der Waals surface area contributed by atoms with Gasteiger partial charge in [0.2, 0.25) is 0 Å². The number of para-hydroxylation sites is 2. The van der Waals surface area contributed by atoms with E-state index >= 15 is 0 Å². The normalized spacial score (nSPS) is 11.6. The van der Waals surface area contributed by atoms with Crippen LogP contribution in [0, 0.1) is 0 Å². The molecule has 2 aromatic heterocycles. The van der Waals surface area contributed by atoms with Gasteiger partial charge in [0.15, 0.2) is 0 Å². The van der Waals surface area contributed by atoms with Crippen LogP contribution < -0.4 is 9.47 Å². The fourth-order valence-corrected chi connectivity index (χ4v) is 6.58. The van der Waals surface area contributed by atoms with Crippen LogP contribution in [0.5, 0.6) is 11.5 Å². The van der Waals surface area contributed by atoms with E-state index in [-0.39, 0.29) is 0 Å². The van der Waals surface area contributed by atoms with E-state index in [1.54, 1.807) is 0 Å². The summed E-state index contributed by atoms with van der Waals surface area (Å²) in [7, 11) is 0. The molecular weight excluding hydrogens is 540 g/mol. The Kier molecular flexibility index (Phi) is 6.34. The Bertz CT molecular complexity index is 2120. The fourth-order valence-electron chi connectivity index (χ4n) is 6.58. The molecule has 8 aromatic rings. The fraction of sp³-hybridized carbons (Fsp3) is 0.100. The predicted molar refractivity (Wildman–Crippen MR) is 183 cm³/mol. The topological polar surface area (TPSA) is 28.3 Å². The highest BCUT2D eigenvalue weighted by Crippen LogP contribution is 2.38. The van der Waals surface area contributed by atoms with Crippen molar-refractivity contribution in [3.63, 3.8) is 0 Å². The quantitative estimate of drug-likeness (QED) is 0.190. The van der Waals surface area contributed by atoms with Crippen molar-refractivity contribution in [3.8, 4) is 34.0 Å². The van der Waals surface area contributed by atoms with Gasteiger partial charge in [0, 0.05) is 32.9 Å². The molecule has 0 amide bonds. The van der Waals surface area contributed by atoms with Gasteiger partial charge in [-0.05, 0) is 110 Å². The van der Waals surface area contributed by atoms with Gasteiger partial charge >= 0.3 is 0 Å². The third-order valence-electron chi connectivity index (χ3n) is 8.49. The molecule has 6 aromatic carbocycles. The second kappa shape index (κ2) is 10.7. The van der Waals surface area contributed by atoms with Crippen LogP contribution in [-0.4, -0.2) is 22.3 Å². The van der Waals surface area contributed by atoms with Crippen molar-refractivity contribution in [1.82, 2.24) is 9.13 Å². The van der Waals surface area contributed by atoms with Gasteiger partial charge in [0.25, 0.3) is 0 Å². The van der Waals surface area contributed by atoms with Crippen molar-refractivity contribution in [3.05, 3.63) is 133 Å². The van der Waals surface area contributed by atoms with Gasteiger partial charge in [-0.25, -0.2) is 0 Å². The number of benzene rings is 6. The lowest BCUT2D eigenvalue weighted by molar-refractivity contribution is 0.340. The van der Waals surface area contributed by atoms with Gasteiger partial charge < -0.3 is 18.6 Å². The summed E-state index contributed by atoms with van der Waals surface area (Å²) in [4.78, 5) is 0. The lowest BCUT2D eigenvalue weighted by Crippen LogP contribution is -1.95. The summed E-state index contributed by atoms with van der Waals surface area (Å²) in [5.74, 6) is 1.78. The Morgan fingerprint density at radius 2 is 0.795 bits per heavy atom. The first-order valence-corrected chi connectivity index (χ1v) is 15.3. The first kappa shape index (κ1) is 26.2. The van der Waals surface area contributed by atoms with Gasteiger partial charge in [-0.1, -0.05) is 48.5 Å². The molecule has 44 heavy (non-hydrogen) atoms. The maximum absolute atomic E-state index is 5.70. The first-order valence-electron chi connectivity index (χ1n) is 15.3. The minimum Gasteiger partial charge on any atom is -0.494 e. The standard InChI is InChI=1S/C40H32N2O2/c1-3-43-31-19-15-29(16-20-31)41-37-11-7-5-9-33(37)35-25-27(13-23-39(35)41)28-14-24-40-36(26-28)34-10-6-8-12-38(34)42(40)30-17-21-32(22-18-30)44-4-2/h5-26H,3-4H2,1-2H3. The number of ether oxygens (including phenoxy) is 2. The van der Waals surface area contributed by atoms with Crippen molar-refractivity contribution in [2.75, 3.05) is 13.2 Å². The summed E-state index contributed by atoms with van der Waals surface area (Å²) in [6.07, 6.45) is 0.